The Morgan fingerprint density at radius 2 is 1.42 bits per heavy atom. The van der Waals surface area contributed by atoms with E-state index in [0.717, 1.165) is 17.8 Å². The molecular formula is C17H20FN. The van der Waals surface area contributed by atoms with Crippen molar-refractivity contribution in [3.05, 3.63) is 64.0 Å². The Balaban J connectivity index is 2.19. The van der Waals surface area contributed by atoms with Crippen LogP contribution in [0.25, 0.3) is 0 Å². The van der Waals surface area contributed by atoms with Gasteiger partial charge in [0.2, 0.25) is 0 Å². The molecule has 0 spiro atoms. The Morgan fingerprint density at radius 1 is 0.842 bits per heavy atom. The molecule has 2 aromatic rings. The van der Waals surface area contributed by atoms with Crippen molar-refractivity contribution >= 4 is 5.69 Å². The number of aryl methyl sites for hydroxylation is 4. The van der Waals surface area contributed by atoms with Crippen molar-refractivity contribution in [2.24, 2.45) is 0 Å². The molecule has 2 rings (SSSR count). The van der Waals surface area contributed by atoms with Crippen molar-refractivity contribution in [1.29, 1.82) is 0 Å². The van der Waals surface area contributed by atoms with Crippen LogP contribution in [0.5, 0.6) is 0 Å². The molecule has 0 saturated heterocycles. The van der Waals surface area contributed by atoms with Crippen LogP contribution in [0.15, 0.2) is 30.3 Å². The van der Waals surface area contributed by atoms with Gasteiger partial charge < -0.3 is 5.32 Å². The minimum Gasteiger partial charge on any atom is -0.381 e. The summed E-state index contributed by atoms with van der Waals surface area (Å²) in [6.45, 7) is 8.96. The fraction of sp³-hybridized carbons (Fsp3) is 0.294. The first-order chi connectivity index (χ1) is 8.95. The average Bonchev–Trinajstić information content (AvgIpc) is 2.25. The third kappa shape index (κ3) is 3.34. The minimum atomic E-state index is -0.195. The van der Waals surface area contributed by atoms with E-state index >= 15 is 0 Å². The van der Waals surface area contributed by atoms with E-state index in [4.69, 9.17) is 0 Å². The molecule has 0 amide bonds. The first-order valence-corrected chi connectivity index (χ1v) is 6.53. The highest BCUT2D eigenvalue weighted by Gasteiger charge is 2.04. The van der Waals surface area contributed by atoms with Gasteiger partial charge in [-0.2, -0.15) is 0 Å². The number of hydrogen-bond acceptors (Lipinski definition) is 1. The van der Waals surface area contributed by atoms with Crippen LogP contribution in [-0.4, -0.2) is 0 Å². The molecule has 0 unspecified atom stereocenters. The van der Waals surface area contributed by atoms with Crippen molar-refractivity contribution in [2.45, 2.75) is 34.2 Å². The molecule has 2 heteroatoms. The summed E-state index contributed by atoms with van der Waals surface area (Å²) >= 11 is 0. The monoisotopic (exact) mass is 257 g/mol. The van der Waals surface area contributed by atoms with Crippen LogP contribution in [0.4, 0.5) is 10.1 Å². The summed E-state index contributed by atoms with van der Waals surface area (Å²) in [6, 6.07) is 9.39. The Kier molecular flexibility index (Phi) is 3.89. The van der Waals surface area contributed by atoms with Crippen LogP contribution in [0.3, 0.4) is 0 Å². The smallest absolute Gasteiger partial charge is 0.125 e. The van der Waals surface area contributed by atoms with Crippen LogP contribution >= 0.6 is 0 Å². The molecular weight excluding hydrogens is 237 g/mol. The largest absolute Gasteiger partial charge is 0.381 e. The Hall–Kier alpha value is -1.83. The third-order valence-corrected chi connectivity index (χ3v) is 3.35. The van der Waals surface area contributed by atoms with Gasteiger partial charge in [0.05, 0.1) is 0 Å². The van der Waals surface area contributed by atoms with Crippen molar-refractivity contribution in [2.75, 3.05) is 5.32 Å². The fourth-order valence-electron chi connectivity index (χ4n) is 2.52. The van der Waals surface area contributed by atoms with Gasteiger partial charge in [-0.15, -0.1) is 0 Å². The Morgan fingerprint density at radius 3 is 2.00 bits per heavy atom. The zero-order chi connectivity index (χ0) is 14.0. The van der Waals surface area contributed by atoms with Gasteiger partial charge in [0.1, 0.15) is 5.82 Å². The van der Waals surface area contributed by atoms with Gasteiger partial charge in [-0.25, -0.2) is 4.39 Å². The molecule has 0 aliphatic carbocycles. The van der Waals surface area contributed by atoms with E-state index in [2.05, 4.69) is 38.2 Å². The molecule has 1 N–H and O–H groups in total. The number of nitrogens with one attached hydrogen (secondary N) is 1. The average molecular weight is 257 g/mol. The minimum absolute atomic E-state index is 0.195. The molecule has 100 valence electrons. The summed E-state index contributed by atoms with van der Waals surface area (Å²) in [7, 11) is 0. The summed E-state index contributed by atoms with van der Waals surface area (Å²) in [5, 5.41) is 3.30. The van der Waals surface area contributed by atoms with Gasteiger partial charge >= 0.3 is 0 Å². The molecule has 0 aromatic heterocycles. The lowest BCUT2D eigenvalue weighted by atomic mass is 10.00. The second-order valence-electron chi connectivity index (χ2n) is 5.25. The normalized spacial score (nSPS) is 10.6. The van der Waals surface area contributed by atoms with E-state index in [-0.39, 0.29) is 5.82 Å². The highest BCUT2D eigenvalue weighted by atomic mass is 19.1. The fourth-order valence-corrected chi connectivity index (χ4v) is 2.52. The van der Waals surface area contributed by atoms with E-state index in [1.807, 2.05) is 13.0 Å². The number of anilines is 1. The molecule has 0 atom stereocenters. The van der Waals surface area contributed by atoms with Gasteiger partial charge in [-0.3, -0.25) is 0 Å². The number of halogens is 1. The summed E-state index contributed by atoms with van der Waals surface area (Å²) in [4.78, 5) is 0. The SMILES string of the molecule is Cc1cc(F)cc(NCc2c(C)cc(C)cc2C)c1. The quantitative estimate of drug-likeness (QED) is 0.842. The molecule has 0 radical (unpaired) electrons. The first kappa shape index (κ1) is 13.6. The standard InChI is InChI=1S/C17H20FN/c1-11-5-13(3)17(14(4)6-11)10-19-16-8-12(2)7-15(18)9-16/h5-9,19H,10H2,1-4H3. The van der Waals surface area contributed by atoms with Crippen molar-refractivity contribution < 1.29 is 4.39 Å². The molecule has 19 heavy (non-hydrogen) atoms. The maximum absolute atomic E-state index is 13.3. The highest BCUT2D eigenvalue weighted by molar-refractivity contribution is 5.48. The zero-order valence-corrected chi connectivity index (χ0v) is 12.0. The van der Waals surface area contributed by atoms with E-state index < -0.39 is 0 Å². The second-order valence-corrected chi connectivity index (χ2v) is 5.25. The van der Waals surface area contributed by atoms with E-state index in [1.165, 1.54) is 34.4 Å². The highest BCUT2D eigenvalue weighted by Crippen LogP contribution is 2.19. The summed E-state index contributed by atoms with van der Waals surface area (Å²) in [6.07, 6.45) is 0. The maximum Gasteiger partial charge on any atom is 0.125 e. The lowest BCUT2D eigenvalue weighted by Gasteiger charge is -2.13. The van der Waals surface area contributed by atoms with Crippen molar-refractivity contribution in [3.8, 4) is 0 Å². The molecule has 1 nitrogen and oxygen atoms in total. The number of rotatable bonds is 3. The van der Waals surface area contributed by atoms with Gasteiger partial charge in [0, 0.05) is 12.2 Å². The lowest BCUT2D eigenvalue weighted by molar-refractivity contribution is 0.627. The first-order valence-electron chi connectivity index (χ1n) is 6.53. The van der Waals surface area contributed by atoms with Crippen LogP contribution in [-0.2, 0) is 6.54 Å². The molecule has 0 bridgehead atoms. The van der Waals surface area contributed by atoms with Gasteiger partial charge in [-0.1, -0.05) is 17.7 Å². The van der Waals surface area contributed by atoms with Crippen LogP contribution < -0.4 is 5.32 Å². The molecule has 0 saturated carbocycles. The van der Waals surface area contributed by atoms with Gasteiger partial charge in [0.25, 0.3) is 0 Å². The second kappa shape index (κ2) is 5.43. The zero-order valence-electron chi connectivity index (χ0n) is 12.0. The van der Waals surface area contributed by atoms with Crippen LogP contribution in [0, 0.1) is 33.5 Å². The molecule has 0 aliphatic rings. The topological polar surface area (TPSA) is 12.0 Å². The molecule has 0 heterocycles. The van der Waals surface area contributed by atoms with Gasteiger partial charge in [-0.05, 0) is 68.1 Å². The predicted octanol–water partition coefficient (Wildman–Crippen LogP) is 4.67. The molecule has 2 aromatic carbocycles. The predicted molar refractivity (Wildman–Crippen MR) is 79.1 cm³/mol. The summed E-state index contributed by atoms with van der Waals surface area (Å²) < 4.78 is 13.3. The number of benzene rings is 2. The van der Waals surface area contributed by atoms with E-state index in [1.54, 1.807) is 0 Å². The van der Waals surface area contributed by atoms with Crippen LogP contribution in [0.2, 0.25) is 0 Å². The van der Waals surface area contributed by atoms with E-state index in [9.17, 15) is 4.39 Å². The number of hydrogen-bond donors (Lipinski definition) is 1. The molecule has 0 fully saturated rings. The van der Waals surface area contributed by atoms with Crippen molar-refractivity contribution in [3.63, 3.8) is 0 Å². The Labute approximate surface area is 114 Å². The molecule has 0 aliphatic heterocycles. The third-order valence-electron chi connectivity index (χ3n) is 3.35. The van der Waals surface area contributed by atoms with Crippen LogP contribution in [0.1, 0.15) is 27.8 Å². The maximum atomic E-state index is 13.3. The van der Waals surface area contributed by atoms with Gasteiger partial charge in [0.15, 0.2) is 0 Å². The lowest BCUT2D eigenvalue weighted by Crippen LogP contribution is -2.04. The van der Waals surface area contributed by atoms with E-state index in [0.29, 0.717) is 0 Å². The summed E-state index contributed by atoms with van der Waals surface area (Å²) in [5.41, 5.74) is 6.88. The summed E-state index contributed by atoms with van der Waals surface area (Å²) in [5.74, 6) is -0.195. The Bertz CT molecular complexity index is 559. The van der Waals surface area contributed by atoms with Crippen molar-refractivity contribution in [1.82, 2.24) is 0 Å².